The SMILES string of the molecule is C.CCSCCNC(=O)C(c1ccccc1)n1cnc(NC(=O)[C@@H](COCc2ccccc2)NC(=O)C(C)(C)N)c1. The van der Waals surface area contributed by atoms with Gasteiger partial charge in [-0.25, -0.2) is 4.98 Å². The van der Waals surface area contributed by atoms with Crippen LogP contribution in [0.4, 0.5) is 5.82 Å². The molecule has 10 nitrogen and oxygen atoms in total. The summed E-state index contributed by atoms with van der Waals surface area (Å²) >= 11 is 1.75. The monoisotopic (exact) mass is 582 g/mol. The number of benzene rings is 2. The van der Waals surface area contributed by atoms with Gasteiger partial charge in [-0.2, -0.15) is 11.8 Å². The van der Waals surface area contributed by atoms with Crippen LogP contribution in [0.5, 0.6) is 0 Å². The fraction of sp³-hybridized carbons (Fsp3) is 0.400. The minimum absolute atomic E-state index is 0. The molecule has 0 bridgehead atoms. The molecule has 0 spiro atoms. The second-order valence-electron chi connectivity index (χ2n) is 9.75. The van der Waals surface area contributed by atoms with Gasteiger partial charge < -0.3 is 31.0 Å². The number of hydrogen-bond acceptors (Lipinski definition) is 7. The van der Waals surface area contributed by atoms with Crippen molar-refractivity contribution in [2.24, 2.45) is 5.73 Å². The molecular weight excluding hydrogens is 540 g/mol. The lowest BCUT2D eigenvalue weighted by molar-refractivity contribution is -0.130. The van der Waals surface area contributed by atoms with Crippen LogP contribution in [0.1, 0.15) is 45.4 Å². The van der Waals surface area contributed by atoms with Crippen molar-refractivity contribution < 1.29 is 19.1 Å². The van der Waals surface area contributed by atoms with Gasteiger partial charge in [-0.3, -0.25) is 14.4 Å². The lowest BCUT2D eigenvalue weighted by Gasteiger charge is -2.23. The maximum Gasteiger partial charge on any atom is 0.250 e. The fourth-order valence-electron chi connectivity index (χ4n) is 3.73. The van der Waals surface area contributed by atoms with Gasteiger partial charge in [-0.15, -0.1) is 0 Å². The van der Waals surface area contributed by atoms with Gasteiger partial charge in [-0.1, -0.05) is 75.0 Å². The van der Waals surface area contributed by atoms with Crippen molar-refractivity contribution in [3.05, 3.63) is 84.3 Å². The Kier molecular flexibility index (Phi) is 13.5. The number of nitrogens with two attached hydrogens (primary N) is 1. The molecule has 3 amide bonds. The van der Waals surface area contributed by atoms with Crippen molar-refractivity contribution in [1.82, 2.24) is 20.2 Å². The van der Waals surface area contributed by atoms with E-state index in [0.717, 1.165) is 22.6 Å². The highest BCUT2D eigenvalue weighted by molar-refractivity contribution is 7.99. The number of carbonyl (C=O) groups excluding carboxylic acids is 3. The summed E-state index contributed by atoms with van der Waals surface area (Å²) < 4.78 is 7.39. The van der Waals surface area contributed by atoms with E-state index < -0.39 is 29.4 Å². The van der Waals surface area contributed by atoms with E-state index in [2.05, 4.69) is 27.9 Å². The molecule has 0 aliphatic carbocycles. The van der Waals surface area contributed by atoms with Gasteiger partial charge in [0.1, 0.15) is 12.1 Å². The van der Waals surface area contributed by atoms with Crippen LogP contribution in [0, 0.1) is 0 Å². The summed E-state index contributed by atoms with van der Waals surface area (Å²) in [7, 11) is 0. The highest BCUT2D eigenvalue weighted by atomic mass is 32.2. The molecule has 222 valence electrons. The Labute approximate surface area is 246 Å². The number of ether oxygens (including phenoxy) is 1. The molecule has 1 aromatic heterocycles. The highest BCUT2D eigenvalue weighted by Gasteiger charge is 2.29. The van der Waals surface area contributed by atoms with Crippen molar-refractivity contribution in [2.75, 3.05) is 30.0 Å². The lowest BCUT2D eigenvalue weighted by Crippen LogP contribution is -2.56. The predicted molar refractivity (Wildman–Crippen MR) is 164 cm³/mol. The van der Waals surface area contributed by atoms with E-state index in [4.69, 9.17) is 10.5 Å². The Bertz CT molecular complexity index is 1230. The second kappa shape index (κ2) is 16.6. The number of amides is 3. The summed E-state index contributed by atoms with van der Waals surface area (Å²) in [5, 5.41) is 8.38. The van der Waals surface area contributed by atoms with E-state index in [1.807, 2.05) is 60.7 Å². The molecule has 0 fully saturated rings. The van der Waals surface area contributed by atoms with Crippen LogP contribution < -0.4 is 21.7 Å². The summed E-state index contributed by atoms with van der Waals surface area (Å²) in [5.41, 5.74) is 6.46. The first-order chi connectivity index (χ1) is 19.2. The molecule has 0 aliphatic rings. The average Bonchev–Trinajstić information content (AvgIpc) is 3.38. The fourth-order valence-corrected chi connectivity index (χ4v) is 4.27. The molecule has 3 aromatic rings. The van der Waals surface area contributed by atoms with Gasteiger partial charge >= 0.3 is 0 Å². The first-order valence-electron chi connectivity index (χ1n) is 13.1. The van der Waals surface area contributed by atoms with Crippen molar-refractivity contribution in [2.45, 2.75) is 52.4 Å². The molecule has 5 N–H and O–H groups in total. The standard InChI is InChI=1S/C29H38N6O4S.CH4/c1-4-40-16-15-31-27(37)25(22-13-9-6-10-14-22)35-17-24(32-20-35)34-26(36)23(33-28(38)29(2,3)30)19-39-18-21-11-7-5-8-12-21;/h5-14,17,20,23,25H,4,15-16,18-19,30H2,1-3H3,(H,31,37)(H,33,38)(H,34,36);1H4/t23-,25?;/m1./s1. The number of thioether (sulfide) groups is 1. The van der Waals surface area contributed by atoms with E-state index in [1.54, 1.807) is 36.4 Å². The van der Waals surface area contributed by atoms with Crippen molar-refractivity contribution in [3.63, 3.8) is 0 Å². The molecule has 0 saturated carbocycles. The van der Waals surface area contributed by atoms with E-state index in [-0.39, 0.29) is 32.4 Å². The maximum atomic E-state index is 13.2. The van der Waals surface area contributed by atoms with Crippen LogP contribution in [0.3, 0.4) is 0 Å². The Morgan fingerprint density at radius 3 is 2.34 bits per heavy atom. The zero-order chi connectivity index (χ0) is 29.0. The van der Waals surface area contributed by atoms with Crippen molar-refractivity contribution >= 4 is 35.3 Å². The summed E-state index contributed by atoms with van der Waals surface area (Å²) in [6.45, 7) is 5.92. The predicted octanol–water partition coefficient (Wildman–Crippen LogP) is 3.36. The van der Waals surface area contributed by atoms with Crippen molar-refractivity contribution in [3.8, 4) is 0 Å². The number of anilines is 1. The molecule has 2 atom stereocenters. The van der Waals surface area contributed by atoms with E-state index in [9.17, 15) is 14.4 Å². The number of carbonyl (C=O) groups is 3. The summed E-state index contributed by atoms with van der Waals surface area (Å²) in [6.07, 6.45) is 3.09. The largest absolute Gasteiger partial charge is 0.374 e. The molecule has 2 aromatic carbocycles. The molecule has 11 heteroatoms. The first-order valence-corrected chi connectivity index (χ1v) is 14.3. The number of aromatic nitrogens is 2. The molecule has 3 rings (SSSR count). The number of nitrogens with one attached hydrogen (secondary N) is 3. The van der Waals surface area contributed by atoms with Crippen LogP contribution in [0.25, 0.3) is 0 Å². The Balaban J connectivity index is 0.00000588. The van der Waals surface area contributed by atoms with Crippen LogP contribution in [0.2, 0.25) is 0 Å². The molecule has 1 unspecified atom stereocenters. The quantitative estimate of drug-likeness (QED) is 0.202. The van der Waals surface area contributed by atoms with Crippen LogP contribution >= 0.6 is 11.8 Å². The van der Waals surface area contributed by atoms with Gasteiger partial charge in [-0.05, 0) is 30.7 Å². The summed E-state index contributed by atoms with van der Waals surface area (Å²) in [6, 6.07) is 17.2. The van der Waals surface area contributed by atoms with Crippen LogP contribution in [0.15, 0.2) is 73.2 Å². The number of rotatable bonds is 15. The van der Waals surface area contributed by atoms with Gasteiger partial charge in [0, 0.05) is 18.5 Å². The van der Waals surface area contributed by atoms with Crippen LogP contribution in [-0.4, -0.2) is 63.5 Å². The van der Waals surface area contributed by atoms with Gasteiger partial charge in [0.25, 0.3) is 5.91 Å². The molecule has 1 heterocycles. The maximum absolute atomic E-state index is 13.2. The molecule has 0 aliphatic heterocycles. The van der Waals surface area contributed by atoms with Gasteiger partial charge in [0.05, 0.1) is 25.1 Å². The Morgan fingerprint density at radius 2 is 1.71 bits per heavy atom. The van der Waals surface area contributed by atoms with Gasteiger partial charge in [0.2, 0.25) is 11.8 Å². The molecule has 0 radical (unpaired) electrons. The van der Waals surface area contributed by atoms with E-state index in [0.29, 0.717) is 6.54 Å². The lowest BCUT2D eigenvalue weighted by atomic mass is 10.1. The summed E-state index contributed by atoms with van der Waals surface area (Å²) in [5.74, 6) is 0.826. The summed E-state index contributed by atoms with van der Waals surface area (Å²) in [4.78, 5) is 43.3. The zero-order valence-corrected chi connectivity index (χ0v) is 23.9. The molecular formula is C30H42N6O4S. The minimum Gasteiger partial charge on any atom is -0.374 e. The molecule has 0 saturated heterocycles. The first kappa shape index (κ1) is 33.5. The topological polar surface area (TPSA) is 140 Å². The van der Waals surface area contributed by atoms with Crippen molar-refractivity contribution in [1.29, 1.82) is 0 Å². The number of nitrogens with zero attached hydrogens (tertiary/aromatic N) is 2. The third kappa shape index (κ3) is 10.7. The number of hydrogen-bond donors (Lipinski definition) is 4. The molecule has 41 heavy (non-hydrogen) atoms. The third-order valence-electron chi connectivity index (χ3n) is 5.87. The zero-order valence-electron chi connectivity index (χ0n) is 23.1. The minimum atomic E-state index is -1.19. The number of imidazole rings is 1. The normalized spacial score (nSPS) is 12.5. The third-order valence-corrected chi connectivity index (χ3v) is 6.77. The Hall–Kier alpha value is -3.67. The van der Waals surface area contributed by atoms with E-state index >= 15 is 0 Å². The van der Waals surface area contributed by atoms with Crippen LogP contribution in [-0.2, 0) is 25.7 Å². The highest BCUT2D eigenvalue weighted by Crippen LogP contribution is 2.20. The smallest absolute Gasteiger partial charge is 0.250 e. The van der Waals surface area contributed by atoms with Gasteiger partial charge in [0.15, 0.2) is 5.82 Å². The Morgan fingerprint density at radius 1 is 1.05 bits per heavy atom. The average molecular weight is 583 g/mol. The second-order valence-corrected chi connectivity index (χ2v) is 11.1. The van der Waals surface area contributed by atoms with E-state index in [1.165, 1.54) is 6.33 Å².